The number of aliphatic hydroxyl groups is 1. The highest BCUT2D eigenvalue weighted by molar-refractivity contribution is 7.99. The molecule has 0 fully saturated rings. The molecule has 15 heavy (non-hydrogen) atoms. The Labute approximate surface area is 94.5 Å². The number of rotatable bonds is 5. The molecule has 1 aromatic heterocycles. The zero-order valence-corrected chi connectivity index (χ0v) is 10.1. The van der Waals surface area contributed by atoms with Gasteiger partial charge in [-0.25, -0.2) is 9.97 Å². The van der Waals surface area contributed by atoms with Gasteiger partial charge in [0, 0.05) is 25.0 Å². The van der Waals surface area contributed by atoms with Crippen molar-refractivity contribution in [3.05, 3.63) is 11.9 Å². The number of thioether (sulfide) groups is 1. The molecule has 1 rings (SSSR count). The van der Waals surface area contributed by atoms with E-state index < -0.39 is 0 Å². The largest absolute Gasteiger partial charge is 0.396 e. The second-order valence-electron chi connectivity index (χ2n) is 3.33. The molecule has 1 atom stereocenters. The summed E-state index contributed by atoms with van der Waals surface area (Å²) >= 11 is 1.66. The number of aromatic nitrogens is 2. The maximum atomic E-state index is 8.81. The minimum atomic E-state index is 0.219. The number of anilines is 1. The van der Waals surface area contributed by atoms with E-state index in [1.165, 1.54) is 0 Å². The lowest BCUT2D eigenvalue weighted by atomic mass is 10.3. The van der Waals surface area contributed by atoms with E-state index >= 15 is 0 Å². The first kappa shape index (κ1) is 12.3. The van der Waals surface area contributed by atoms with Crippen molar-refractivity contribution in [3.8, 4) is 0 Å². The number of aliphatic hydroxyl groups excluding tert-OH is 1. The van der Waals surface area contributed by atoms with Gasteiger partial charge in [0.2, 0.25) is 0 Å². The monoisotopic (exact) mass is 227 g/mol. The zero-order chi connectivity index (χ0) is 11.3. The van der Waals surface area contributed by atoms with E-state index in [0.29, 0.717) is 5.25 Å². The van der Waals surface area contributed by atoms with Crippen LogP contribution in [0.5, 0.6) is 0 Å². The Bertz CT molecular complexity index is 320. The van der Waals surface area contributed by atoms with E-state index in [4.69, 9.17) is 5.11 Å². The van der Waals surface area contributed by atoms with Crippen molar-refractivity contribution in [1.82, 2.24) is 9.97 Å². The summed E-state index contributed by atoms with van der Waals surface area (Å²) in [6.07, 6.45) is 0.780. The van der Waals surface area contributed by atoms with Crippen molar-refractivity contribution in [3.63, 3.8) is 0 Å². The lowest BCUT2D eigenvalue weighted by Gasteiger charge is -2.10. The molecule has 0 aliphatic rings. The highest BCUT2D eigenvalue weighted by atomic mass is 32.2. The van der Waals surface area contributed by atoms with Crippen LogP contribution in [0.3, 0.4) is 0 Å². The normalized spacial score (nSPS) is 12.5. The summed E-state index contributed by atoms with van der Waals surface area (Å²) in [5.74, 6) is 1.60. The third-order valence-corrected chi connectivity index (χ3v) is 3.02. The third kappa shape index (κ3) is 4.05. The van der Waals surface area contributed by atoms with Crippen LogP contribution in [0.1, 0.15) is 19.2 Å². The fourth-order valence-electron chi connectivity index (χ4n) is 1.18. The molecule has 84 valence electrons. The van der Waals surface area contributed by atoms with Crippen molar-refractivity contribution < 1.29 is 5.11 Å². The smallest absolute Gasteiger partial charge is 0.130 e. The molecule has 0 amide bonds. The molecule has 0 saturated heterocycles. The van der Waals surface area contributed by atoms with Gasteiger partial charge >= 0.3 is 0 Å². The van der Waals surface area contributed by atoms with E-state index in [1.54, 1.807) is 11.8 Å². The average molecular weight is 227 g/mol. The molecule has 0 radical (unpaired) electrons. The first-order valence-electron chi connectivity index (χ1n) is 4.96. The van der Waals surface area contributed by atoms with Gasteiger partial charge in [0.25, 0.3) is 0 Å². The van der Waals surface area contributed by atoms with Crippen LogP contribution in [0.25, 0.3) is 0 Å². The number of hydrogen-bond acceptors (Lipinski definition) is 5. The molecule has 0 spiro atoms. The molecule has 1 heterocycles. The Hall–Kier alpha value is -0.810. The van der Waals surface area contributed by atoms with Gasteiger partial charge in [-0.2, -0.15) is 0 Å². The molecule has 1 aromatic rings. The summed E-state index contributed by atoms with van der Waals surface area (Å²) in [4.78, 5) is 8.55. The highest BCUT2D eigenvalue weighted by Gasteiger charge is 2.07. The molecule has 0 aliphatic heterocycles. The fourth-order valence-corrected chi connectivity index (χ4v) is 2.18. The summed E-state index contributed by atoms with van der Waals surface area (Å²) in [5, 5.41) is 13.1. The van der Waals surface area contributed by atoms with Crippen molar-refractivity contribution in [1.29, 1.82) is 0 Å². The summed E-state index contributed by atoms with van der Waals surface area (Å²) in [6.45, 7) is 4.18. The van der Waals surface area contributed by atoms with E-state index in [0.717, 1.165) is 23.1 Å². The minimum absolute atomic E-state index is 0.219. The van der Waals surface area contributed by atoms with Crippen LogP contribution in [0, 0.1) is 6.92 Å². The number of nitrogens with zero attached hydrogens (tertiary/aromatic N) is 2. The molecule has 0 aliphatic carbocycles. The van der Waals surface area contributed by atoms with Crippen LogP contribution >= 0.6 is 11.8 Å². The quantitative estimate of drug-likeness (QED) is 0.592. The molecule has 1 unspecified atom stereocenters. The van der Waals surface area contributed by atoms with Gasteiger partial charge in [0.05, 0.1) is 0 Å². The topological polar surface area (TPSA) is 58.0 Å². The predicted octanol–water partition coefficient (Wildman–Crippen LogP) is 1.69. The zero-order valence-electron chi connectivity index (χ0n) is 9.32. The van der Waals surface area contributed by atoms with Gasteiger partial charge in [-0.3, -0.25) is 0 Å². The Morgan fingerprint density at radius 1 is 1.53 bits per heavy atom. The Morgan fingerprint density at radius 3 is 2.87 bits per heavy atom. The van der Waals surface area contributed by atoms with Crippen LogP contribution in [0.4, 0.5) is 5.82 Å². The van der Waals surface area contributed by atoms with Gasteiger partial charge < -0.3 is 10.4 Å². The summed E-state index contributed by atoms with van der Waals surface area (Å²) in [5.41, 5.74) is 0. The van der Waals surface area contributed by atoms with Gasteiger partial charge in [-0.15, -0.1) is 11.8 Å². The molecular weight excluding hydrogens is 210 g/mol. The molecule has 0 bridgehead atoms. The van der Waals surface area contributed by atoms with E-state index in [1.807, 2.05) is 20.0 Å². The molecule has 2 N–H and O–H groups in total. The molecular formula is C10H17N3OS. The van der Waals surface area contributed by atoms with Crippen LogP contribution < -0.4 is 5.32 Å². The maximum Gasteiger partial charge on any atom is 0.130 e. The van der Waals surface area contributed by atoms with E-state index in [9.17, 15) is 0 Å². The molecule has 4 nitrogen and oxygen atoms in total. The van der Waals surface area contributed by atoms with Crippen LogP contribution in [-0.2, 0) is 0 Å². The van der Waals surface area contributed by atoms with Crippen LogP contribution in [0.2, 0.25) is 0 Å². The predicted molar refractivity (Wildman–Crippen MR) is 63.3 cm³/mol. The van der Waals surface area contributed by atoms with Crippen molar-refractivity contribution in [2.24, 2.45) is 0 Å². The number of nitrogens with one attached hydrogen (secondary N) is 1. The first-order chi connectivity index (χ1) is 7.15. The Kier molecular flexibility index (Phi) is 4.84. The van der Waals surface area contributed by atoms with E-state index in [2.05, 4.69) is 22.2 Å². The Balaban J connectivity index is 2.71. The lowest BCUT2D eigenvalue weighted by molar-refractivity contribution is 0.289. The van der Waals surface area contributed by atoms with Crippen molar-refractivity contribution in [2.45, 2.75) is 30.5 Å². The SMILES string of the molecule is CNc1cc(SC(C)CCO)nc(C)n1. The molecule has 0 aromatic carbocycles. The Morgan fingerprint density at radius 2 is 2.27 bits per heavy atom. The number of hydrogen-bond donors (Lipinski definition) is 2. The summed E-state index contributed by atoms with van der Waals surface area (Å²) in [7, 11) is 1.84. The second kappa shape index (κ2) is 5.92. The molecule has 5 heteroatoms. The minimum Gasteiger partial charge on any atom is -0.396 e. The third-order valence-electron chi connectivity index (χ3n) is 1.93. The average Bonchev–Trinajstić information content (AvgIpc) is 2.17. The van der Waals surface area contributed by atoms with Gasteiger partial charge in [-0.1, -0.05) is 6.92 Å². The molecule has 0 saturated carbocycles. The summed E-state index contributed by atoms with van der Waals surface area (Å²) in [6, 6.07) is 1.92. The van der Waals surface area contributed by atoms with Crippen molar-refractivity contribution >= 4 is 17.6 Å². The van der Waals surface area contributed by atoms with Crippen molar-refractivity contribution in [2.75, 3.05) is 19.0 Å². The van der Waals surface area contributed by atoms with Crippen LogP contribution in [0.15, 0.2) is 11.1 Å². The lowest BCUT2D eigenvalue weighted by Crippen LogP contribution is -2.02. The maximum absolute atomic E-state index is 8.81. The first-order valence-corrected chi connectivity index (χ1v) is 5.84. The highest BCUT2D eigenvalue weighted by Crippen LogP contribution is 2.24. The van der Waals surface area contributed by atoms with Gasteiger partial charge in [0.1, 0.15) is 16.7 Å². The second-order valence-corrected chi connectivity index (χ2v) is 4.79. The van der Waals surface area contributed by atoms with Crippen LogP contribution in [-0.4, -0.2) is 34.0 Å². The van der Waals surface area contributed by atoms with E-state index in [-0.39, 0.29) is 6.61 Å². The summed E-state index contributed by atoms with van der Waals surface area (Å²) < 4.78 is 0. The standard InChI is InChI=1S/C10H17N3OS/c1-7(4-5-14)15-10-6-9(11-3)12-8(2)13-10/h6-7,14H,4-5H2,1-3H3,(H,11,12,13). The number of aryl methyl sites for hydroxylation is 1. The van der Waals surface area contributed by atoms with Gasteiger partial charge in [-0.05, 0) is 13.3 Å². The van der Waals surface area contributed by atoms with Gasteiger partial charge in [0.15, 0.2) is 0 Å². The fraction of sp³-hybridized carbons (Fsp3) is 0.600.